The van der Waals surface area contributed by atoms with Gasteiger partial charge in [-0.15, -0.1) is 0 Å². The molecule has 1 aliphatic carbocycles. The molecule has 2 aromatic heterocycles. The number of anilines is 2. The van der Waals surface area contributed by atoms with E-state index in [2.05, 4.69) is 15.4 Å². The molecule has 9 heteroatoms. The number of pyridine rings is 1. The number of likely N-dealkylation sites (N-methyl/N-ethyl adjacent to an activating group) is 1. The van der Waals surface area contributed by atoms with Crippen LogP contribution in [0.4, 0.5) is 24.5 Å². The van der Waals surface area contributed by atoms with Gasteiger partial charge in [-0.05, 0) is 56.1 Å². The molecule has 1 N–H and O–H groups in total. The molecule has 6 nitrogen and oxygen atoms in total. The highest BCUT2D eigenvalue weighted by molar-refractivity contribution is 6.04. The minimum Gasteiger partial charge on any atom is -0.361 e. The molecule has 1 amide bonds. The predicted molar refractivity (Wildman–Crippen MR) is 112 cm³/mol. The number of rotatable bonds is 5. The molecule has 0 saturated heterocycles. The van der Waals surface area contributed by atoms with Gasteiger partial charge in [-0.2, -0.15) is 18.3 Å². The van der Waals surface area contributed by atoms with Crippen LogP contribution >= 0.6 is 0 Å². The van der Waals surface area contributed by atoms with E-state index < -0.39 is 11.9 Å². The molecule has 168 valence electrons. The zero-order valence-corrected chi connectivity index (χ0v) is 18.2. The van der Waals surface area contributed by atoms with Crippen LogP contribution in [0, 0.1) is 24.7 Å². The highest BCUT2D eigenvalue weighted by Gasteiger charge is 2.38. The monoisotopic (exact) mass is 435 g/mol. The van der Waals surface area contributed by atoms with E-state index in [0.717, 1.165) is 52.8 Å². The normalized spacial score (nSPS) is 23.5. The van der Waals surface area contributed by atoms with Gasteiger partial charge in [0.2, 0.25) is 5.91 Å². The summed E-state index contributed by atoms with van der Waals surface area (Å²) in [6.07, 6.45) is -0.672. The van der Waals surface area contributed by atoms with Gasteiger partial charge in [0.05, 0.1) is 17.1 Å². The molecule has 0 bridgehead atoms. The summed E-state index contributed by atoms with van der Waals surface area (Å²) in [6.45, 7) is 6.24. The maximum atomic E-state index is 13.0. The first-order valence-electron chi connectivity index (χ1n) is 10.7. The van der Waals surface area contributed by atoms with E-state index in [1.165, 1.54) is 6.20 Å². The Hall–Kier alpha value is -2.58. The molecular formula is C22H28F3N5O. The van der Waals surface area contributed by atoms with Gasteiger partial charge in [0, 0.05) is 25.5 Å². The Morgan fingerprint density at radius 1 is 1.26 bits per heavy atom. The van der Waals surface area contributed by atoms with E-state index in [-0.39, 0.29) is 23.8 Å². The summed E-state index contributed by atoms with van der Waals surface area (Å²) >= 11 is 0. The maximum Gasteiger partial charge on any atom is 0.433 e. The summed E-state index contributed by atoms with van der Waals surface area (Å²) in [7, 11) is 1.94. The van der Waals surface area contributed by atoms with E-state index in [1.807, 2.05) is 38.8 Å². The Kier molecular flexibility index (Phi) is 5.47. The van der Waals surface area contributed by atoms with Gasteiger partial charge in [-0.25, -0.2) is 0 Å². The van der Waals surface area contributed by atoms with Crippen LogP contribution in [0.15, 0.2) is 18.3 Å². The first-order valence-corrected chi connectivity index (χ1v) is 10.7. The van der Waals surface area contributed by atoms with Crippen molar-refractivity contribution in [2.45, 2.75) is 58.8 Å². The number of hydrogen-bond acceptors (Lipinski definition) is 4. The number of fused-ring (bicyclic) bond motifs is 1. The third-order valence-electron chi connectivity index (χ3n) is 6.45. The van der Waals surface area contributed by atoms with Crippen LogP contribution in [-0.4, -0.2) is 33.8 Å². The molecule has 2 aliphatic rings. The number of amides is 1. The van der Waals surface area contributed by atoms with E-state index in [1.54, 1.807) is 0 Å². The largest absolute Gasteiger partial charge is 0.433 e. The maximum absolute atomic E-state index is 13.0. The number of alkyl halides is 3. The van der Waals surface area contributed by atoms with Crippen LogP contribution in [0.2, 0.25) is 0 Å². The summed E-state index contributed by atoms with van der Waals surface area (Å²) in [5.74, 6) is 0.744. The lowest BCUT2D eigenvalue weighted by Crippen LogP contribution is -2.49. The van der Waals surface area contributed by atoms with Gasteiger partial charge < -0.3 is 10.2 Å². The highest BCUT2D eigenvalue weighted by atomic mass is 19.4. The summed E-state index contributed by atoms with van der Waals surface area (Å²) < 4.78 is 40.2. The van der Waals surface area contributed by atoms with Gasteiger partial charge in [-0.3, -0.25) is 14.5 Å². The van der Waals surface area contributed by atoms with Crippen LogP contribution in [-0.2, 0) is 23.9 Å². The average Bonchev–Trinajstić information content (AvgIpc) is 3.09. The van der Waals surface area contributed by atoms with E-state index in [0.29, 0.717) is 12.5 Å². The van der Waals surface area contributed by atoms with Gasteiger partial charge in [-0.1, -0.05) is 13.8 Å². The fraction of sp³-hybridized carbons (Fsp3) is 0.591. The van der Waals surface area contributed by atoms with Crippen molar-refractivity contribution in [3.8, 4) is 0 Å². The number of aryl methyl sites for hydroxylation is 1. The van der Waals surface area contributed by atoms with Crippen LogP contribution in [0.25, 0.3) is 0 Å². The summed E-state index contributed by atoms with van der Waals surface area (Å²) in [5, 5.41) is 6.86. The molecule has 0 aromatic carbocycles. The van der Waals surface area contributed by atoms with Crippen molar-refractivity contribution in [1.29, 1.82) is 0 Å². The van der Waals surface area contributed by atoms with E-state index in [9.17, 15) is 18.0 Å². The Balaban J connectivity index is 1.42. The zero-order chi connectivity index (χ0) is 22.5. The van der Waals surface area contributed by atoms with Crippen molar-refractivity contribution < 1.29 is 18.0 Å². The van der Waals surface area contributed by atoms with Crippen molar-refractivity contribution in [2.75, 3.05) is 17.3 Å². The molecular weight excluding hydrogens is 407 g/mol. The third kappa shape index (κ3) is 4.14. The fourth-order valence-corrected chi connectivity index (χ4v) is 4.98. The Labute approximate surface area is 179 Å². The quantitative estimate of drug-likeness (QED) is 0.761. The number of aromatic nitrogens is 3. The molecule has 0 spiro atoms. The summed E-state index contributed by atoms with van der Waals surface area (Å²) in [6, 6.07) is 2.84. The predicted octanol–water partition coefficient (Wildman–Crippen LogP) is 4.29. The number of carbonyl (C=O) groups excluding carboxylic acids is 1. The fourth-order valence-electron chi connectivity index (χ4n) is 4.98. The lowest BCUT2D eigenvalue weighted by molar-refractivity contribution is -0.144. The minimum absolute atomic E-state index is 0.0127. The van der Waals surface area contributed by atoms with Gasteiger partial charge >= 0.3 is 6.18 Å². The summed E-state index contributed by atoms with van der Waals surface area (Å²) in [4.78, 5) is 19.2. The van der Waals surface area contributed by atoms with Crippen LogP contribution in [0.1, 0.15) is 43.8 Å². The second-order valence-electron chi connectivity index (χ2n) is 9.19. The third-order valence-corrected chi connectivity index (χ3v) is 6.45. The molecule has 1 aliphatic heterocycles. The number of nitrogens with one attached hydrogen (secondary N) is 1. The zero-order valence-electron chi connectivity index (χ0n) is 18.2. The highest BCUT2D eigenvalue weighted by Crippen LogP contribution is 2.40. The SMILES string of the molecule is Cc1nc(CC2CC(Cn3nccc3C(F)(F)F)C2)cc2c1NC(=O)[C@H](C(C)C)N2C. The lowest BCUT2D eigenvalue weighted by Gasteiger charge is -2.39. The average molecular weight is 435 g/mol. The van der Waals surface area contributed by atoms with Gasteiger partial charge in [0.1, 0.15) is 11.7 Å². The van der Waals surface area contributed by atoms with E-state index in [4.69, 9.17) is 0 Å². The number of carbonyl (C=O) groups is 1. The van der Waals surface area contributed by atoms with E-state index >= 15 is 0 Å². The molecule has 1 atom stereocenters. The Morgan fingerprint density at radius 2 is 1.97 bits per heavy atom. The van der Waals surface area contributed by atoms with Crippen molar-refractivity contribution in [3.05, 3.63) is 35.4 Å². The minimum atomic E-state index is -4.38. The standard InChI is InChI=1S/C22H28F3N5O/c1-12(2)20-21(31)28-19-13(3)27-16(10-17(19)29(20)4)9-14-7-15(8-14)11-30-18(5-6-26-30)22(23,24)25/h5-6,10,12,14-15,20H,7-9,11H2,1-4H3,(H,28,31)/t14?,15?,20-/m0/s1. The van der Waals surface area contributed by atoms with Gasteiger partial charge in [0.25, 0.3) is 0 Å². The first-order chi connectivity index (χ1) is 14.5. The molecule has 2 aromatic rings. The number of halogens is 3. The van der Waals surface area contributed by atoms with Crippen LogP contribution in [0.5, 0.6) is 0 Å². The molecule has 31 heavy (non-hydrogen) atoms. The smallest absolute Gasteiger partial charge is 0.361 e. The lowest BCUT2D eigenvalue weighted by atomic mass is 9.72. The van der Waals surface area contributed by atoms with Crippen molar-refractivity contribution >= 4 is 17.3 Å². The van der Waals surface area contributed by atoms with Crippen LogP contribution in [0.3, 0.4) is 0 Å². The molecule has 1 saturated carbocycles. The molecule has 3 heterocycles. The molecule has 0 radical (unpaired) electrons. The Morgan fingerprint density at radius 3 is 2.61 bits per heavy atom. The van der Waals surface area contributed by atoms with Crippen molar-refractivity contribution in [3.63, 3.8) is 0 Å². The molecule has 0 unspecified atom stereocenters. The number of hydrogen-bond donors (Lipinski definition) is 1. The second kappa shape index (κ2) is 7.84. The van der Waals surface area contributed by atoms with Crippen LogP contribution < -0.4 is 10.2 Å². The van der Waals surface area contributed by atoms with Crippen molar-refractivity contribution in [2.24, 2.45) is 17.8 Å². The van der Waals surface area contributed by atoms with Gasteiger partial charge in [0.15, 0.2) is 0 Å². The second-order valence-corrected chi connectivity index (χ2v) is 9.19. The summed E-state index contributed by atoms with van der Waals surface area (Å²) in [5.41, 5.74) is 2.80. The van der Waals surface area contributed by atoms with Crippen molar-refractivity contribution in [1.82, 2.24) is 14.8 Å². The number of nitrogens with zero attached hydrogens (tertiary/aromatic N) is 4. The molecule has 4 rings (SSSR count). The topological polar surface area (TPSA) is 63.1 Å². The first kappa shape index (κ1) is 21.6. The molecule has 1 fully saturated rings. The Bertz CT molecular complexity index is 978.